The third-order valence-electron chi connectivity index (χ3n) is 7.51. The van der Waals surface area contributed by atoms with E-state index in [9.17, 15) is 9.18 Å². The second-order valence-electron chi connectivity index (χ2n) is 9.72. The maximum Gasteiger partial charge on any atom is 0.282 e. The van der Waals surface area contributed by atoms with Gasteiger partial charge >= 0.3 is 0 Å². The molecular weight excluding hydrogens is 423 g/mol. The summed E-state index contributed by atoms with van der Waals surface area (Å²) in [6, 6.07) is 23.5. The van der Waals surface area contributed by atoms with Crippen LogP contribution in [0.4, 0.5) is 10.1 Å². The lowest BCUT2D eigenvalue weighted by atomic mass is 9.87. The second-order valence-corrected chi connectivity index (χ2v) is 9.72. The monoisotopic (exact) mass is 459 g/mol. The predicted molar refractivity (Wildman–Crippen MR) is 137 cm³/mol. The van der Waals surface area contributed by atoms with Crippen molar-refractivity contribution in [1.29, 1.82) is 0 Å². The standard InChI is InChI=1S/C30H35FN2O/c1-4-27(30(34)32-29-22(2)12-10-13-23(29)3)33(21-24-14-11-17-26(31)20-24)19-9-8-18-28(33)25-15-6-5-7-16-25/h5-7,10-17,20,27-28H,4,8-9,18-19,21H2,1-3H3/p+1. The van der Waals surface area contributed by atoms with Gasteiger partial charge in [-0.3, -0.25) is 4.79 Å². The molecule has 0 radical (unpaired) electrons. The zero-order chi connectivity index (χ0) is 24.1. The number of likely N-dealkylation sites (tertiary alicyclic amines) is 1. The zero-order valence-electron chi connectivity index (χ0n) is 20.6. The highest BCUT2D eigenvalue weighted by atomic mass is 19.1. The molecule has 34 heavy (non-hydrogen) atoms. The number of nitrogens with zero attached hydrogens (tertiary/aromatic N) is 1. The number of rotatable bonds is 7. The fourth-order valence-electron chi connectivity index (χ4n) is 5.94. The van der Waals surface area contributed by atoms with Crippen molar-refractivity contribution >= 4 is 11.6 Å². The summed E-state index contributed by atoms with van der Waals surface area (Å²) in [6.45, 7) is 7.71. The Morgan fingerprint density at radius 1 is 1.00 bits per heavy atom. The molecule has 1 aliphatic heterocycles. The van der Waals surface area contributed by atoms with Crippen LogP contribution in [0.1, 0.15) is 60.9 Å². The predicted octanol–water partition coefficient (Wildman–Crippen LogP) is 7.10. The van der Waals surface area contributed by atoms with E-state index in [1.165, 1.54) is 11.6 Å². The van der Waals surface area contributed by atoms with E-state index in [0.717, 1.165) is 54.6 Å². The summed E-state index contributed by atoms with van der Waals surface area (Å²) in [5, 5.41) is 3.29. The van der Waals surface area contributed by atoms with E-state index < -0.39 is 0 Å². The molecule has 3 nitrogen and oxygen atoms in total. The van der Waals surface area contributed by atoms with Gasteiger partial charge in [-0.15, -0.1) is 0 Å². The third kappa shape index (κ3) is 4.92. The molecule has 1 saturated heterocycles. The molecule has 4 rings (SSSR count). The molecule has 3 aromatic carbocycles. The van der Waals surface area contributed by atoms with Gasteiger partial charge in [0.2, 0.25) is 0 Å². The van der Waals surface area contributed by atoms with Crippen LogP contribution in [-0.2, 0) is 11.3 Å². The molecule has 1 N–H and O–H groups in total. The molecule has 0 aliphatic carbocycles. The number of halogens is 1. The van der Waals surface area contributed by atoms with Gasteiger partial charge in [-0.05, 0) is 49.9 Å². The molecule has 1 fully saturated rings. The topological polar surface area (TPSA) is 29.1 Å². The number of quaternary nitrogens is 1. The van der Waals surface area contributed by atoms with E-state index in [4.69, 9.17) is 0 Å². The first-order valence-electron chi connectivity index (χ1n) is 12.5. The van der Waals surface area contributed by atoms with Crippen molar-refractivity contribution in [3.63, 3.8) is 0 Å². The first kappa shape index (κ1) is 24.2. The number of piperidine rings is 1. The van der Waals surface area contributed by atoms with Gasteiger partial charge in [0, 0.05) is 29.7 Å². The summed E-state index contributed by atoms with van der Waals surface area (Å²) in [6.07, 6.45) is 3.94. The highest BCUT2D eigenvalue weighted by Gasteiger charge is 2.48. The maximum absolute atomic E-state index is 14.2. The van der Waals surface area contributed by atoms with Gasteiger partial charge in [-0.2, -0.15) is 0 Å². The fraction of sp³-hybridized carbons (Fsp3) is 0.367. The van der Waals surface area contributed by atoms with Crippen LogP contribution in [-0.4, -0.2) is 23.0 Å². The van der Waals surface area contributed by atoms with Gasteiger partial charge in [0.1, 0.15) is 18.4 Å². The van der Waals surface area contributed by atoms with Crippen LogP contribution < -0.4 is 5.32 Å². The number of nitrogens with one attached hydrogen (secondary N) is 1. The Morgan fingerprint density at radius 3 is 2.38 bits per heavy atom. The number of hydrogen-bond donors (Lipinski definition) is 1. The van der Waals surface area contributed by atoms with E-state index in [2.05, 4.69) is 36.5 Å². The van der Waals surface area contributed by atoms with Gasteiger partial charge in [0.25, 0.3) is 5.91 Å². The summed E-state index contributed by atoms with van der Waals surface area (Å²) in [7, 11) is 0. The van der Waals surface area contributed by atoms with Crippen molar-refractivity contribution < 1.29 is 13.7 Å². The van der Waals surface area contributed by atoms with Crippen molar-refractivity contribution in [2.24, 2.45) is 0 Å². The Hall–Kier alpha value is -2.98. The van der Waals surface area contributed by atoms with Crippen molar-refractivity contribution in [2.75, 3.05) is 11.9 Å². The average molecular weight is 460 g/mol. The van der Waals surface area contributed by atoms with Crippen molar-refractivity contribution in [3.05, 3.63) is 101 Å². The van der Waals surface area contributed by atoms with Gasteiger partial charge in [-0.25, -0.2) is 4.39 Å². The molecule has 3 unspecified atom stereocenters. The summed E-state index contributed by atoms with van der Waals surface area (Å²) < 4.78 is 14.8. The summed E-state index contributed by atoms with van der Waals surface area (Å²) in [5.41, 5.74) is 5.25. The fourth-order valence-corrected chi connectivity index (χ4v) is 5.94. The minimum Gasteiger partial charge on any atom is -0.320 e. The number of para-hydroxylation sites is 1. The first-order valence-corrected chi connectivity index (χ1v) is 12.5. The summed E-state index contributed by atoms with van der Waals surface area (Å²) in [5.74, 6) is -0.170. The molecule has 1 aliphatic rings. The minimum atomic E-state index is -0.243. The molecule has 1 heterocycles. The quantitative estimate of drug-likeness (QED) is 0.375. The van der Waals surface area contributed by atoms with Crippen LogP contribution in [0.15, 0.2) is 72.8 Å². The molecule has 1 amide bonds. The Kier molecular flexibility index (Phi) is 7.47. The van der Waals surface area contributed by atoms with E-state index in [1.807, 2.05) is 44.2 Å². The highest BCUT2D eigenvalue weighted by molar-refractivity contribution is 5.95. The van der Waals surface area contributed by atoms with Crippen molar-refractivity contribution in [3.8, 4) is 0 Å². The Labute approximate surface area is 203 Å². The Morgan fingerprint density at radius 2 is 1.71 bits per heavy atom. The van der Waals surface area contributed by atoms with E-state index in [1.54, 1.807) is 12.1 Å². The zero-order valence-corrected chi connectivity index (χ0v) is 20.6. The Balaban J connectivity index is 1.79. The number of aryl methyl sites for hydroxylation is 2. The van der Waals surface area contributed by atoms with Crippen LogP contribution in [0.5, 0.6) is 0 Å². The molecule has 0 bridgehead atoms. The smallest absolute Gasteiger partial charge is 0.282 e. The average Bonchev–Trinajstić information content (AvgIpc) is 2.83. The van der Waals surface area contributed by atoms with Gasteiger partial charge < -0.3 is 9.80 Å². The Bertz CT molecular complexity index is 1110. The van der Waals surface area contributed by atoms with Crippen LogP contribution in [0, 0.1) is 19.7 Å². The molecule has 178 valence electrons. The summed E-state index contributed by atoms with van der Waals surface area (Å²) in [4.78, 5) is 14.0. The largest absolute Gasteiger partial charge is 0.320 e. The second kappa shape index (κ2) is 10.5. The number of hydrogen-bond acceptors (Lipinski definition) is 1. The van der Waals surface area contributed by atoms with Gasteiger partial charge in [0.15, 0.2) is 6.04 Å². The number of benzene rings is 3. The lowest BCUT2D eigenvalue weighted by Gasteiger charge is -2.52. The molecule has 3 aromatic rings. The number of carbonyl (C=O) groups excluding carboxylic acids is 1. The summed E-state index contributed by atoms with van der Waals surface area (Å²) >= 11 is 0. The third-order valence-corrected chi connectivity index (χ3v) is 7.51. The maximum atomic E-state index is 14.2. The molecule has 4 heteroatoms. The molecular formula is C30H36FN2O+. The molecule has 3 atom stereocenters. The number of amides is 1. The lowest BCUT2D eigenvalue weighted by molar-refractivity contribution is -0.987. The van der Waals surface area contributed by atoms with Crippen LogP contribution in [0.2, 0.25) is 0 Å². The SMILES string of the molecule is CCC(C(=O)Nc1c(C)cccc1C)[N+]1(Cc2cccc(F)c2)CCCCC1c1ccccc1. The van der Waals surface area contributed by atoms with Crippen LogP contribution in [0.3, 0.4) is 0 Å². The van der Waals surface area contributed by atoms with Gasteiger partial charge in [-0.1, -0.05) is 67.6 Å². The van der Waals surface area contributed by atoms with E-state index in [-0.39, 0.29) is 23.8 Å². The molecule has 0 spiro atoms. The minimum absolute atomic E-state index is 0.0548. The van der Waals surface area contributed by atoms with E-state index >= 15 is 0 Å². The highest BCUT2D eigenvalue weighted by Crippen LogP contribution is 2.43. The number of carbonyl (C=O) groups is 1. The molecule has 0 saturated carbocycles. The van der Waals surface area contributed by atoms with E-state index in [0.29, 0.717) is 11.0 Å². The van der Waals surface area contributed by atoms with Crippen LogP contribution in [0.25, 0.3) is 0 Å². The first-order chi connectivity index (χ1) is 16.4. The van der Waals surface area contributed by atoms with Crippen molar-refractivity contribution in [1.82, 2.24) is 0 Å². The van der Waals surface area contributed by atoms with Gasteiger partial charge in [0.05, 0.1) is 6.54 Å². The number of anilines is 1. The lowest BCUT2D eigenvalue weighted by Crippen LogP contribution is -2.62. The normalized spacial score (nSPS) is 21.1. The van der Waals surface area contributed by atoms with Crippen molar-refractivity contribution in [2.45, 2.75) is 65.1 Å². The molecule has 0 aromatic heterocycles. The van der Waals surface area contributed by atoms with Crippen LogP contribution >= 0.6 is 0 Å².